The standard InChI is InChI=1S/C16H28N2S/c1-4-16(7-9-17-10-8-16)13-18(3)14(2)12-15-6-5-11-19-15/h5-6,11,14,17H,4,7-10,12-13H2,1-3H3. The van der Waals surface area contributed by atoms with Crippen LogP contribution in [-0.4, -0.2) is 37.6 Å². The van der Waals surface area contributed by atoms with Crippen LogP contribution in [0.25, 0.3) is 0 Å². The fraction of sp³-hybridized carbons (Fsp3) is 0.750. The lowest BCUT2D eigenvalue weighted by molar-refractivity contribution is 0.101. The van der Waals surface area contributed by atoms with Crippen molar-refractivity contribution in [1.82, 2.24) is 10.2 Å². The average Bonchev–Trinajstić information content (AvgIpc) is 2.92. The number of rotatable bonds is 6. The average molecular weight is 280 g/mol. The van der Waals surface area contributed by atoms with Crippen molar-refractivity contribution >= 4 is 11.3 Å². The third-order valence-corrected chi connectivity index (χ3v) is 5.73. The molecule has 2 nitrogen and oxygen atoms in total. The third kappa shape index (κ3) is 4.04. The van der Waals surface area contributed by atoms with E-state index in [9.17, 15) is 0 Å². The van der Waals surface area contributed by atoms with Crippen LogP contribution in [0.4, 0.5) is 0 Å². The van der Waals surface area contributed by atoms with Gasteiger partial charge in [-0.25, -0.2) is 0 Å². The summed E-state index contributed by atoms with van der Waals surface area (Å²) in [5.41, 5.74) is 0.545. The first-order valence-corrected chi connectivity index (χ1v) is 8.46. The first-order valence-electron chi connectivity index (χ1n) is 7.58. The van der Waals surface area contributed by atoms with Gasteiger partial charge in [0.25, 0.3) is 0 Å². The van der Waals surface area contributed by atoms with Gasteiger partial charge in [0.1, 0.15) is 0 Å². The van der Waals surface area contributed by atoms with Crippen molar-refractivity contribution in [2.45, 2.75) is 45.6 Å². The summed E-state index contributed by atoms with van der Waals surface area (Å²) in [7, 11) is 2.30. The highest BCUT2D eigenvalue weighted by Gasteiger charge is 2.32. The highest BCUT2D eigenvalue weighted by molar-refractivity contribution is 7.09. The second-order valence-corrected chi connectivity index (χ2v) is 7.18. The van der Waals surface area contributed by atoms with E-state index in [1.165, 1.54) is 50.2 Å². The van der Waals surface area contributed by atoms with Crippen molar-refractivity contribution in [3.8, 4) is 0 Å². The van der Waals surface area contributed by atoms with Gasteiger partial charge in [-0.1, -0.05) is 13.0 Å². The Bertz CT molecular complexity index is 355. The highest BCUT2D eigenvalue weighted by Crippen LogP contribution is 2.33. The van der Waals surface area contributed by atoms with Crippen LogP contribution in [0.15, 0.2) is 17.5 Å². The summed E-state index contributed by atoms with van der Waals surface area (Å²) in [6.07, 6.45) is 5.16. The molecule has 0 radical (unpaired) electrons. The summed E-state index contributed by atoms with van der Waals surface area (Å²) in [4.78, 5) is 4.09. The van der Waals surface area contributed by atoms with E-state index in [2.05, 4.69) is 48.6 Å². The maximum atomic E-state index is 3.50. The summed E-state index contributed by atoms with van der Waals surface area (Å²) in [6.45, 7) is 8.37. The lowest BCUT2D eigenvalue weighted by Crippen LogP contribution is -2.46. The van der Waals surface area contributed by atoms with E-state index in [1.54, 1.807) is 0 Å². The van der Waals surface area contributed by atoms with Gasteiger partial charge in [0.2, 0.25) is 0 Å². The second-order valence-electron chi connectivity index (χ2n) is 6.15. The Morgan fingerprint density at radius 3 is 2.74 bits per heavy atom. The number of nitrogens with zero attached hydrogens (tertiary/aromatic N) is 1. The van der Waals surface area contributed by atoms with Crippen LogP contribution in [0.2, 0.25) is 0 Å². The molecule has 1 unspecified atom stereocenters. The molecule has 0 bridgehead atoms. The van der Waals surface area contributed by atoms with Gasteiger partial charge in [-0.2, -0.15) is 0 Å². The second kappa shape index (κ2) is 6.87. The first kappa shape index (κ1) is 15.0. The molecule has 1 aromatic heterocycles. The molecule has 108 valence electrons. The molecule has 1 aromatic rings. The van der Waals surface area contributed by atoms with Crippen LogP contribution in [-0.2, 0) is 6.42 Å². The normalized spacial score (nSPS) is 20.6. The summed E-state index contributed by atoms with van der Waals surface area (Å²) in [5.74, 6) is 0. The number of hydrogen-bond acceptors (Lipinski definition) is 3. The van der Waals surface area contributed by atoms with Crippen molar-refractivity contribution in [2.75, 3.05) is 26.7 Å². The number of nitrogens with one attached hydrogen (secondary N) is 1. The van der Waals surface area contributed by atoms with Gasteiger partial charge in [0.15, 0.2) is 0 Å². The van der Waals surface area contributed by atoms with Crippen LogP contribution in [0.1, 0.15) is 38.0 Å². The third-order valence-electron chi connectivity index (χ3n) is 4.83. The topological polar surface area (TPSA) is 15.3 Å². The van der Waals surface area contributed by atoms with E-state index >= 15 is 0 Å². The summed E-state index contributed by atoms with van der Waals surface area (Å²) in [6, 6.07) is 5.05. The molecular formula is C16H28N2S. The molecule has 19 heavy (non-hydrogen) atoms. The summed E-state index contributed by atoms with van der Waals surface area (Å²) in [5, 5.41) is 5.68. The predicted octanol–water partition coefficient (Wildman–Crippen LogP) is 3.39. The predicted molar refractivity (Wildman–Crippen MR) is 84.9 cm³/mol. The van der Waals surface area contributed by atoms with Gasteiger partial charge in [-0.3, -0.25) is 0 Å². The fourth-order valence-corrected chi connectivity index (χ4v) is 3.97. The molecule has 0 spiro atoms. The van der Waals surface area contributed by atoms with Gasteiger partial charge in [0.05, 0.1) is 0 Å². The maximum Gasteiger partial charge on any atom is 0.0112 e. The molecule has 0 aliphatic carbocycles. The molecule has 2 heterocycles. The Kier molecular flexibility index (Phi) is 5.43. The van der Waals surface area contributed by atoms with Crippen molar-refractivity contribution in [2.24, 2.45) is 5.41 Å². The maximum absolute atomic E-state index is 3.50. The summed E-state index contributed by atoms with van der Waals surface area (Å²) >= 11 is 1.88. The molecule has 3 heteroatoms. The molecule has 1 aliphatic heterocycles. The van der Waals surface area contributed by atoms with Crippen molar-refractivity contribution in [3.05, 3.63) is 22.4 Å². The van der Waals surface area contributed by atoms with Gasteiger partial charge in [-0.15, -0.1) is 11.3 Å². The molecule has 1 aliphatic rings. The minimum Gasteiger partial charge on any atom is -0.317 e. The van der Waals surface area contributed by atoms with Gasteiger partial charge in [-0.05, 0) is 69.6 Å². The zero-order chi connectivity index (χ0) is 13.7. The smallest absolute Gasteiger partial charge is 0.0112 e. The van der Waals surface area contributed by atoms with Crippen LogP contribution < -0.4 is 5.32 Å². The van der Waals surface area contributed by atoms with E-state index in [0.717, 1.165) is 0 Å². The fourth-order valence-electron chi connectivity index (χ4n) is 3.14. The largest absolute Gasteiger partial charge is 0.317 e. The molecule has 1 fully saturated rings. The Labute approximate surface area is 122 Å². The molecule has 1 saturated heterocycles. The monoisotopic (exact) mass is 280 g/mol. The Morgan fingerprint density at radius 1 is 1.42 bits per heavy atom. The number of hydrogen-bond donors (Lipinski definition) is 1. The molecule has 1 atom stereocenters. The van der Waals surface area contributed by atoms with Crippen LogP contribution in [0.5, 0.6) is 0 Å². The molecular weight excluding hydrogens is 252 g/mol. The minimum atomic E-state index is 0.545. The Balaban J connectivity index is 1.89. The van der Waals surface area contributed by atoms with Gasteiger partial charge in [0, 0.05) is 17.5 Å². The number of likely N-dealkylation sites (N-methyl/N-ethyl adjacent to an activating group) is 1. The zero-order valence-corrected chi connectivity index (χ0v) is 13.4. The van der Waals surface area contributed by atoms with E-state index in [1.807, 2.05) is 11.3 Å². The molecule has 0 amide bonds. The highest BCUT2D eigenvalue weighted by atomic mass is 32.1. The molecule has 1 N–H and O–H groups in total. The van der Waals surface area contributed by atoms with Crippen molar-refractivity contribution in [1.29, 1.82) is 0 Å². The number of thiophene rings is 1. The Hall–Kier alpha value is -0.380. The first-order chi connectivity index (χ1) is 9.15. The quantitative estimate of drug-likeness (QED) is 0.859. The summed E-state index contributed by atoms with van der Waals surface area (Å²) < 4.78 is 0. The molecule has 0 aromatic carbocycles. The van der Waals surface area contributed by atoms with Crippen LogP contribution in [0, 0.1) is 5.41 Å². The zero-order valence-electron chi connectivity index (χ0n) is 12.6. The van der Waals surface area contributed by atoms with E-state index in [-0.39, 0.29) is 0 Å². The minimum absolute atomic E-state index is 0.545. The van der Waals surface area contributed by atoms with E-state index < -0.39 is 0 Å². The molecule has 0 saturated carbocycles. The van der Waals surface area contributed by atoms with Gasteiger partial charge < -0.3 is 10.2 Å². The van der Waals surface area contributed by atoms with Crippen molar-refractivity contribution < 1.29 is 0 Å². The van der Waals surface area contributed by atoms with Gasteiger partial charge >= 0.3 is 0 Å². The Morgan fingerprint density at radius 2 is 2.16 bits per heavy atom. The molecule has 2 rings (SSSR count). The van der Waals surface area contributed by atoms with E-state index in [4.69, 9.17) is 0 Å². The van der Waals surface area contributed by atoms with E-state index in [0.29, 0.717) is 11.5 Å². The lowest BCUT2D eigenvalue weighted by Gasteiger charge is -2.41. The SMILES string of the molecule is CCC1(CN(C)C(C)Cc2cccs2)CCNCC1. The lowest BCUT2D eigenvalue weighted by atomic mass is 9.76. The number of piperidine rings is 1. The van der Waals surface area contributed by atoms with Crippen molar-refractivity contribution in [3.63, 3.8) is 0 Å². The van der Waals surface area contributed by atoms with Crippen LogP contribution >= 0.6 is 11.3 Å². The van der Waals surface area contributed by atoms with Crippen LogP contribution in [0.3, 0.4) is 0 Å².